The number of piperidine rings is 1. The van der Waals surface area contributed by atoms with Crippen molar-refractivity contribution in [1.82, 2.24) is 4.90 Å². The Labute approximate surface area is 159 Å². The molecule has 0 aliphatic carbocycles. The molecule has 146 valence electrons. The first-order valence-corrected chi connectivity index (χ1v) is 9.47. The lowest BCUT2D eigenvalue weighted by atomic mass is 9.98. The number of hydrogen-bond donors (Lipinski definition) is 0. The number of rotatable bonds is 5. The van der Waals surface area contributed by atoms with Crippen molar-refractivity contribution in [2.24, 2.45) is 5.92 Å². The lowest BCUT2D eigenvalue weighted by Gasteiger charge is -2.33. The lowest BCUT2D eigenvalue weighted by molar-refractivity contribution is -0.151. The van der Waals surface area contributed by atoms with Crippen molar-refractivity contribution >= 4 is 23.5 Å². The maximum Gasteiger partial charge on any atom is 0.310 e. The van der Waals surface area contributed by atoms with E-state index in [1.54, 1.807) is 16.7 Å². The molecule has 0 N–H and O–H groups in total. The number of aryl methyl sites for hydroxylation is 1. The minimum absolute atomic E-state index is 0.0150. The van der Waals surface area contributed by atoms with Gasteiger partial charge in [0.15, 0.2) is 6.61 Å². The van der Waals surface area contributed by atoms with E-state index in [2.05, 4.69) is 0 Å². The Morgan fingerprint density at radius 2 is 2.15 bits per heavy atom. The molecule has 0 bridgehead atoms. The van der Waals surface area contributed by atoms with Gasteiger partial charge in [0.25, 0.3) is 5.91 Å². The third-order valence-corrected chi connectivity index (χ3v) is 5.00. The Morgan fingerprint density at radius 3 is 2.93 bits per heavy atom. The molecule has 1 aromatic carbocycles. The molecule has 1 aromatic rings. The average Bonchev–Trinajstić information content (AvgIpc) is 2.67. The topological polar surface area (TPSA) is 76.2 Å². The van der Waals surface area contributed by atoms with Gasteiger partial charge in [0, 0.05) is 26.1 Å². The predicted octanol–water partition coefficient (Wildman–Crippen LogP) is 1.91. The standard InChI is InChI=1S/C20H26N2O5/c1-3-26-20(25)15-5-4-9-21(12-15)18(23)8-10-22-16-11-14(2)6-7-17(16)27-13-19(22)24/h6-7,11,15H,3-5,8-10,12-13H2,1-2H3. The van der Waals surface area contributed by atoms with Crippen molar-refractivity contribution in [1.29, 1.82) is 0 Å². The summed E-state index contributed by atoms with van der Waals surface area (Å²) in [5, 5.41) is 0. The van der Waals surface area contributed by atoms with Crippen LogP contribution < -0.4 is 9.64 Å². The van der Waals surface area contributed by atoms with E-state index in [1.807, 2.05) is 25.1 Å². The fourth-order valence-electron chi connectivity index (χ4n) is 3.58. The summed E-state index contributed by atoms with van der Waals surface area (Å²) in [6.07, 6.45) is 1.75. The van der Waals surface area contributed by atoms with Crippen LogP contribution in [-0.4, -0.2) is 55.5 Å². The number of esters is 1. The number of anilines is 1. The maximum atomic E-state index is 12.7. The summed E-state index contributed by atoms with van der Waals surface area (Å²) in [4.78, 5) is 40.2. The molecule has 0 radical (unpaired) electrons. The van der Waals surface area contributed by atoms with Crippen LogP contribution >= 0.6 is 0 Å². The number of carbonyl (C=O) groups excluding carboxylic acids is 3. The number of fused-ring (bicyclic) bond motifs is 1. The monoisotopic (exact) mass is 374 g/mol. The van der Waals surface area contributed by atoms with E-state index in [0.717, 1.165) is 18.4 Å². The Morgan fingerprint density at radius 1 is 1.33 bits per heavy atom. The highest BCUT2D eigenvalue weighted by Crippen LogP contribution is 2.33. The van der Waals surface area contributed by atoms with Crippen LogP contribution in [0.5, 0.6) is 5.75 Å². The fraction of sp³-hybridized carbons (Fsp3) is 0.550. The average molecular weight is 374 g/mol. The van der Waals surface area contributed by atoms with Crippen LogP contribution in [0.3, 0.4) is 0 Å². The van der Waals surface area contributed by atoms with Crippen molar-refractivity contribution in [2.75, 3.05) is 37.7 Å². The quantitative estimate of drug-likeness (QED) is 0.736. The van der Waals surface area contributed by atoms with Gasteiger partial charge in [-0.25, -0.2) is 0 Å². The van der Waals surface area contributed by atoms with Crippen molar-refractivity contribution in [3.8, 4) is 5.75 Å². The van der Waals surface area contributed by atoms with E-state index >= 15 is 0 Å². The Bertz CT molecular complexity index is 733. The number of likely N-dealkylation sites (tertiary alicyclic amines) is 1. The minimum Gasteiger partial charge on any atom is -0.482 e. The number of hydrogen-bond acceptors (Lipinski definition) is 5. The maximum absolute atomic E-state index is 12.7. The summed E-state index contributed by atoms with van der Waals surface area (Å²) in [5.41, 5.74) is 1.73. The summed E-state index contributed by atoms with van der Waals surface area (Å²) in [5.74, 6) is -0.0201. The zero-order valence-electron chi connectivity index (χ0n) is 15.9. The van der Waals surface area contributed by atoms with E-state index in [9.17, 15) is 14.4 Å². The van der Waals surface area contributed by atoms with Gasteiger partial charge in [0.1, 0.15) is 5.75 Å². The third kappa shape index (κ3) is 4.40. The van der Waals surface area contributed by atoms with Gasteiger partial charge in [-0.15, -0.1) is 0 Å². The lowest BCUT2D eigenvalue weighted by Crippen LogP contribution is -2.45. The molecule has 7 heteroatoms. The molecular formula is C20H26N2O5. The summed E-state index contributed by atoms with van der Waals surface area (Å²) in [6, 6.07) is 5.68. The molecule has 2 aliphatic rings. The molecule has 0 saturated carbocycles. The van der Waals surface area contributed by atoms with Crippen LogP contribution in [0.15, 0.2) is 18.2 Å². The molecule has 2 aliphatic heterocycles. The van der Waals surface area contributed by atoms with Gasteiger partial charge >= 0.3 is 5.97 Å². The van der Waals surface area contributed by atoms with Gasteiger partial charge in [-0.05, 0) is 44.4 Å². The zero-order chi connectivity index (χ0) is 19.4. The van der Waals surface area contributed by atoms with E-state index in [0.29, 0.717) is 37.7 Å². The van der Waals surface area contributed by atoms with Crippen LogP contribution in [0.2, 0.25) is 0 Å². The first kappa shape index (κ1) is 19.2. The van der Waals surface area contributed by atoms with Crippen molar-refractivity contribution < 1.29 is 23.9 Å². The number of amides is 2. The molecule has 3 rings (SSSR count). The molecule has 1 unspecified atom stereocenters. The number of benzene rings is 1. The van der Waals surface area contributed by atoms with Crippen molar-refractivity contribution in [3.05, 3.63) is 23.8 Å². The van der Waals surface area contributed by atoms with Gasteiger partial charge < -0.3 is 19.3 Å². The van der Waals surface area contributed by atoms with Crippen LogP contribution in [-0.2, 0) is 19.1 Å². The smallest absolute Gasteiger partial charge is 0.310 e. The molecule has 1 atom stereocenters. The van der Waals surface area contributed by atoms with Crippen LogP contribution in [0, 0.1) is 12.8 Å². The highest BCUT2D eigenvalue weighted by atomic mass is 16.5. The molecule has 1 saturated heterocycles. The second-order valence-electron chi connectivity index (χ2n) is 6.99. The van der Waals surface area contributed by atoms with Crippen molar-refractivity contribution in [3.63, 3.8) is 0 Å². The molecule has 0 aromatic heterocycles. The zero-order valence-corrected chi connectivity index (χ0v) is 15.9. The molecular weight excluding hydrogens is 348 g/mol. The summed E-state index contributed by atoms with van der Waals surface area (Å²) < 4.78 is 10.6. The van der Waals surface area contributed by atoms with Gasteiger partial charge in [-0.3, -0.25) is 14.4 Å². The van der Waals surface area contributed by atoms with E-state index in [-0.39, 0.29) is 36.7 Å². The SMILES string of the molecule is CCOC(=O)C1CCCN(C(=O)CCN2C(=O)COc3ccc(C)cc32)C1. The number of ether oxygens (including phenoxy) is 2. The van der Waals surface area contributed by atoms with Gasteiger partial charge in [0.05, 0.1) is 18.2 Å². The van der Waals surface area contributed by atoms with Crippen LogP contribution in [0.4, 0.5) is 5.69 Å². The van der Waals surface area contributed by atoms with E-state index in [1.165, 1.54) is 0 Å². The largest absolute Gasteiger partial charge is 0.482 e. The molecule has 2 heterocycles. The predicted molar refractivity (Wildman–Crippen MR) is 99.6 cm³/mol. The molecule has 2 amide bonds. The first-order chi connectivity index (χ1) is 13.0. The van der Waals surface area contributed by atoms with Crippen LogP contribution in [0.1, 0.15) is 31.7 Å². The minimum atomic E-state index is -0.254. The Balaban J connectivity index is 1.61. The fourth-order valence-corrected chi connectivity index (χ4v) is 3.58. The normalized spacial score (nSPS) is 19.3. The molecule has 1 fully saturated rings. The summed E-state index contributed by atoms with van der Waals surface area (Å²) in [6.45, 7) is 5.40. The molecule has 7 nitrogen and oxygen atoms in total. The highest BCUT2D eigenvalue weighted by molar-refractivity contribution is 5.98. The number of carbonyl (C=O) groups is 3. The molecule has 27 heavy (non-hydrogen) atoms. The van der Waals surface area contributed by atoms with Crippen LogP contribution in [0.25, 0.3) is 0 Å². The highest BCUT2D eigenvalue weighted by Gasteiger charge is 2.31. The Hall–Kier alpha value is -2.57. The second kappa shape index (κ2) is 8.41. The number of nitrogens with zero attached hydrogens (tertiary/aromatic N) is 2. The second-order valence-corrected chi connectivity index (χ2v) is 6.99. The molecule has 0 spiro atoms. The van der Waals surface area contributed by atoms with Gasteiger partial charge in [-0.1, -0.05) is 6.07 Å². The van der Waals surface area contributed by atoms with Gasteiger partial charge in [0.2, 0.25) is 5.91 Å². The van der Waals surface area contributed by atoms with E-state index in [4.69, 9.17) is 9.47 Å². The summed E-state index contributed by atoms with van der Waals surface area (Å²) in [7, 11) is 0. The summed E-state index contributed by atoms with van der Waals surface area (Å²) >= 11 is 0. The first-order valence-electron chi connectivity index (χ1n) is 9.47. The van der Waals surface area contributed by atoms with Gasteiger partial charge in [-0.2, -0.15) is 0 Å². The Kier molecular flexibility index (Phi) is 5.98. The third-order valence-electron chi connectivity index (χ3n) is 5.00. The van der Waals surface area contributed by atoms with E-state index < -0.39 is 0 Å². The van der Waals surface area contributed by atoms with Crippen molar-refractivity contribution in [2.45, 2.75) is 33.1 Å².